The topological polar surface area (TPSA) is 83.8 Å². The number of nitrogens with one attached hydrogen (secondary N) is 2. The van der Waals surface area contributed by atoms with E-state index in [9.17, 15) is 0 Å². The van der Waals surface area contributed by atoms with Crippen molar-refractivity contribution in [2.24, 2.45) is 0 Å². The number of nitrogens with zero attached hydrogens (tertiary/aromatic N) is 6. The van der Waals surface area contributed by atoms with Crippen LogP contribution in [0.25, 0.3) is 5.95 Å². The van der Waals surface area contributed by atoms with E-state index in [1.165, 1.54) is 0 Å². The standard InChI is InChI=1S/C13H20N8/c1-14-11-17-12(16-10-4-8-20(2)9-5-10)19-13(18-11)21-7-3-6-15-21/h3,6-7,10H,4-5,8-9H2,1-2H3,(H2,14,16,17,18,19). The van der Waals surface area contributed by atoms with Crippen LogP contribution in [0.4, 0.5) is 11.9 Å². The molecule has 1 aliphatic heterocycles. The van der Waals surface area contributed by atoms with Crippen LogP contribution in [0.2, 0.25) is 0 Å². The molecule has 2 aromatic rings. The molecule has 8 heteroatoms. The number of hydrogen-bond donors (Lipinski definition) is 2. The summed E-state index contributed by atoms with van der Waals surface area (Å²) in [7, 11) is 3.94. The Labute approximate surface area is 123 Å². The van der Waals surface area contributed by atoms with Gasteiger partial charge in [0.05, 0.1) is 0 Å². The predicted octanol–water partition coefficient (Wildman–Crippen LogP) is 0.605. The molecule has 1 fully saturated rings. The highest BCUT2D eigenvalue weighted by molar-refractivity contribution is 5.38. The number of anilines is 2. The summed E-state index contributed by atoms with van der Waals surface area (Å²) < 4.78 is 1.63. The molecule has 3 rings (SSSR count). The minimum absolute atomic E-state index is 0.402. The Bertz CT molecular complexity index is 574. The van der Waals surface area contributed by atoms with Crippen molar-refractivity contribution in [1.82, 2.24) is 29.6 Å². The van der Waals surface area contributed by atoms with Crippen LogP contribution in [-0.2, 0) is 0 Å². The quantitative estimate of drug-likeness (QED) is 0.852. The van der Waals surface area contributed by atoms with Crippen molar-refractivity contribution in [2.45, 2.75) is 18.9 Å². The summed E-state index contributed by atoms with van der Waals surface area (Å²) in [5.74, 6) is 1.63. The number of likely N-dealkylation sites (tertiary alicyclic amines) is 1. The third-order valence-electron chi connectivity index (χ3n) is 3.61. The fourth-order valence-corrected chi connectivity index (χ4v) is 2.37. The molecule has 112 valence electrons. The lowest BCUT2D eigenvalue weighted by atomic mass is 10.1. The van der Waals surface area contributed by atoms with Crippen LogP contribution in [0.3, 0.4) is 0 Å². The Morgan fingerprint density at radius 3 is 2.57 bits per heavy atom. The molecule has 2 aromatic heterocycles. The number of piperidine rings is 1. The van der Waals surface area contributed by atoms with Gasteiger partial charge in [-0.05, 0) is 39.0 Å². The zero-order chi connectivity index (χ0) is 14.7. The zero-order valence-electron chi connectivity index (χ0n) is 12.3. The fraction of sp³-hybridized carbons (Fsp3) is 0.538. The minimum atomic E-state index is 0.402. The Balaban J connectivity index is 1.79. The van der Waals surface area contributed by atoms with Crippen LogP contribution in [0, 0.1) is 0 Å². The highest BCUT2D eigenvalue weighted by atomic mass is 15.4. The normalized spacial score (nSPS) is 16.9. The van der Waals surface area contributed by atoms with E-state index in [4.69, 9.17) is 0 Å². The van der Waals surface area contributed by atoms with Gasteiger partial charge in [-0.2, -0.15) is 20.1 Å². The third kappa shape index (κ3) is 3.27. The maximum Gasteiger partial charge on any atom is 0.257 e. The van der Waals surface area contributed by atoms with Crippen molar-refractivity contribution in [3.05, 3.63) is 18.5 Å². The zero-order valence-corrected chi connectivity index (χ0v) is 12.3. The Kier molecular flexibility index (Phi) is 3.96. The van der Waals surface area contributed by atoms with Crippen LogP contribution < -0.4 is 10.6 Å². The SMILES string of the molecule is CNc1nc(NC2CCN(C)CC2)nc(-n2cccn2)n1. The summed E-state index contributed by atoms with van der Waals surface area (Å²) in [6.45, 7) is 2.18. The second-order valence-electron chi connectivity index (χ2n) is 5.21. The number of aromatic nitrogens is 5. The molecule has 1 saturated heterocycles. The van der Waals surface area contributed by atoms with Gasteiger partial charge in [-0.1, -0.05) is 0 Å². The summed E-state index contributed by atoms with van der Waals surface area (Å²) in [6.07, 6.45) is 5.70. The van der Waals surface area contributed by atoms with E-state index in [1.807, 2.05) is 12.3 Å². The predicted molar refractivity (Wildman–Crippen MR) is 80.6 cm³/mol. The largest absolute Gasteiger partial charge is 0.357 e. The molecule has 0 unspecified atom stereocenters. The minimum Gasteiger partial charge on any atom is -0.357 e. The lowest BCUT2D eigenvalue weighted by Gasteiger charge is -2.29. The van der Waals surface area contributed by atoms with Crippen molar-refractivity contribution in [1.29, 1.82) is 0 Å². The van der Waals surface area contributed by atoms with Gasteiger partial charge in [-0.3, -0.25) is 0 Å². The van der Waals surface area contributed by atoms with Gasteiger partial charge in [0.1, 0.15) is 0 Å². The van der Waals surface area contributed by atoms with Crippen LogP contribution >= 0.6 is 0 Å². The van der Waals surface area contributed by atoms with E-state index in [2.05, 4.69) is 42.6 Å². The first-order chi connectivity index (χ1) is 10.2. The Hall–Kier alpha value is -2.22. The molecule has 0 radical (unpaired) electrons. The van der Waals surface area contributed by atoms with Crippen molar-refractivity contribution in [3.8, 4) is 5.95 Å². The van der Waals surface area contributed by atoms with E-state index in [0.29, 0.717) is 23.9 Å². The van der Waals surface area contributed by atoms with Crippen molar-refractivity contribution in [2.75, 3.05) is 37.8 Å². The molecule has 0 spiro atoms. The lowest BCUT2D eigenvalue weighted by molar-refractivity contribution is 0.263. The summed E-state index contributed by atoms with van der Waals surface area (Å²) >= 11 is 0. The maximum absolute atomic E-state index is 4.45. The molecule has 0 aliphatic carbocycles. The van der Waals surface area contributed by atoms with Gasteiger partial charge < -0.3 is 15.5 Å². The monoisotopic (exact) mass is 288 g/mol. The number of rotatable bonds is 4. The van der Waals surface area contributed by atoms with E-state index >= 15 is 0 Å². The fourth-order valence-electron chi connectivity index (χ4n) is 2.37. The van der Waals surface area contributed by atoms with Gasteiger partial charge in [0.25, 0.3) is 5.95 Å². The average Bonchev–Trinajstić information content (AvgIpc) is 3.04. The highest BCUT2D eigenvalue weighted by Gasteiger charge is 2.18. The van der Waals surface area contributed by atoms with Crippen LogP contribution in [0.1, 0.15) is 12.8 Å². The molecular weight excluding hydrogens is 268 g/mol. The van der Waals surface area contributed by atoms with E-state index < -0.39 is 0 Å². The Morgan fingerprint density at radius 1 is 1.14 bits per heavy atom. The van der Waals surface area contributed by atoms with Gasteiger partial charge in [0, 0.05) is 25.5 Å². The molecule has 0 saturated carbocycles. The molecule has 8 nitrogen and oxygen atoms in total. The molecule has 3 heterocycles. The third-order valence-corrected chi connectivity index (χ3v) is 3.61. The van der Waals surface area contributed by atoms with Crippen LogP contribution in [-0.4, -0.2) is 62.9 Å². The Morgan fingerprint density at radius 2 is 1.90 bits per heavy atom. The van der Waals surface area contributed by atoms with E-state index in [1.54, 1.807) is 17.9 Å². The van der Waals surface area contributed by atoms with Gasteiger partial charge >= 0.3 is 0 Å². The summed E-state index contributed by atoms with van der Waals surface area (Å²) in [4.78, 5) is 15.5. The van der Waals surface area contributed by atoms with Crippen molar-refractivity contribution < 1.29 is 0 Å². The maximum atomic E-state index is 4.45. The van der Waals surface area contributed by atoms with E-state index in [0.717, 1.165) is 25.9 Å². The second kappa shape index (κ2) is 6.04. The van der Waals surface area contributed by atoms with Crippen molar-refractivity contribution in [3.63, 3.8) is 0 Å². The van der Waals surface area contributed by atoms with Gasteiger partial charge in [-0.25, -0.2) is 4.68 Å². The van der Waals surface area contributed by atoms with Gasteiger partial charge in [-0.15, -0.1) is 0 Å². The smallest absolute Gasteiger partial charge is 0.257 e. The second-order valence-corrected chi connectivity index (χ2v) is 5.21. The first-order valence-electron chi connectivity index (χ1n) is 7.13. The van der Waals surface area contributed by atoms with Crippen molar-refractivity contribution >= 4 is 11.9 Å². The lowest BCUT2D eigenvalue weighted by Crippen LogP contribution is -2.37. The molecule has 0 aromatic carbocycles. The summed E-state index contributed by atoms with van der Waals surface area (Å²) in [6, 6.07) is 2.24. The summed E-state index contributed by atoms with van der Waals surface area (Å²) in [5.41, 5.74) is 0. The summed E-state index contributed by atoms with van der Waals surface area (Å²) in [5, 5.41) is 10.5. The molecule has 0 amide bonds. The molecule has 1 aliphatic rings. The average molecular weight is 288 g/mol. The highest BCUT2D eigenvalue weighted by Crippen LogP contribution is 2.15. The molecule has 2 N–H and O–H groups in total. The first kappa shape index (κ1) is 13.7. The van der Waals surface area contributed by atoms with Gasteiger partial charge in [0.15, 0.2) is 0 Å². The molecule has 0 bridgehead atoms. The van der Waals surface area contributed by atoms with Crippen LogP contribution in [0.5, 0.6) is 0 Å². The van der Waals surface area contributed by atoms with E-state index in [-0.39, 0.29) is 0 Å². The number of hydrogen-bond acceptors (Lipinski definition) is 7. The molecule has 21 heavy (non-hydrogen) atoms. The van der Waals surface area contributed by atoms with Gasteiger partial charge in [0.2, 0.25) is 11.9 Å². The molecule has 0 atom stereocenters. The first-order valence-corrected chi connectivity index (χ1v) is 7.13. The van der Waals surface area contributed by atoms with Crippen LogP contribution in [0.15, 0.2) is 18.5 Å². The molecular formula is C13H20N8.